The summed E-state index contributed by atoms with van der Waals surface area (Å²) in [5.74, 6) is 1.15. The number of carbonyl (C=O) groups is 3. The molecule has 4 unspecified atom stereocenters. The lowest BCUT2D eigenvalue weighted by molar-refractivity contribution is -0.142. The summed E-state index contributed by atoms with van der Waals surface area (Å²) in [5.41, 5.74) is 5.45. The normalized spacial score (nSPS) is 16.9. The smallest absolute Gasteiger partial charge is 0.328 e. The molecule has 0 bridgehead atoms. The van der Waals surface area contributed by atoms with Crippen LogP contribution >= 0.6 is 0 Å². The molecule has 1 aliphatic heterocycles. The van der Waals surface area contributed by atoms with Crippen molar-refractivity contribution in [2.45, 2.75) is 125 Å². The molecule has 2 aliphatic rings. The Balaban J connectivity index is 0.00000195. The van der Waals surface area contributed by atoms with Gasteiger partial charge in [0.25, 0.3) is 5.91 Å². The van der Waals surface area contributed by atoms with E-state index < -0.39 is 12.0 Å². The van der Waals surface area contributed by atoms with Crippen molar-refractivity contribution >= 4 is 29.7 Å². The van der Waals surface area contributed by atoms with E-state index in [1.807, 2.05) is 52.0 Å². The topological polar surface area (TPSA) is 106 Å². The number of esters is 1. The van der Waals surface area contributed by atoms with Gasteiger partial charge in [-0.15, -0.1) is 0 Å². The number of ether oxygens (including phenoxy) is 3. The van der Waals surface area contributed by atoms with E-state index in [1.54, 1.807) is 26.4 Å². The fraction of sp³-hybridized carbons (Fsp3) is 0.578. The molecule has 1 heterocycles. The first kappa shape index (κ1) is 47.9. The van der Waals surface area contributed by atoms with Crippen molar-refractivity contribution in [3.63, 3.8) is 0 Å². The molecular formula is C45H71N3O6. The summed E-state index contributed by atoms with van der Waals surface area (Å²) in [5, 5.41) is 5.54. The average Bonchev–Trinajstić information content (AvgIpc) is 3.36. The lowest BCUT2D eigenvalue weighted by Crippen LogP contribution is -2.43. The third-order valence-corrected chi connectivity index (χ3v) is 9.53. The van der Waals surface area contributed by atoms with Gasteiger partial charge in [0.1, 0.15) is 18.4 Å². The van der Waals surface area contributed by atoms with Gasteiger partial charge < -0.3 is 29.7 Å². The maximum atomic E-state index is 13.8. The predicted molar refractivity (Wildman–Crippen MR) is 224 cm³/mol. The number of anilines is 2. The summed E-state index contributed by atoms with van der Waals surface area (Å²) in [6, 6.07) is 12.3. The van der Waals surface area contributed by atoms with E-state index in [0.717, 1.165) is 36.3 Å². The number of nitrogens with zero attached hydrogens (tertiary/aromatic N) is 1. The van der Waals surface area contributed by atoms with Gasteiger partial charge in [-0.05, 0) is 79.5 Å². The lowest BCUT2D eigenvalue weighted by atomic mass is 9.89. The molecule has 2 aromatic rings. The number of hydrogen-bond donors (Lipinski definition) is 2. The second-order valence-electron chi connectivity index (χ2n) is 13.4. The number of benzene rings is 2. The van der Waals surface area contributed by atoms with Gasteiger partial charge in [-0.25, -0.2) is 4.79 Å². The molecule has 2 aromatic carbocycles. The number of rotatable bonds is 16. The monoisotopic (exact) mass is 750 g/mol. The molecule has 0 radical (unpaired) electrons. The third kappa shape index (κ3) is 15.3. The first-order valence-corrected chi connectivity index (χ1v) is 20.2. The van der Waals surface area contributed by atoms with E-state index in [4.69, 9.17) is 9.47 Å². The molecule has 1 saturated heterocycles. The van der Waals surface area contributed by atoms with Crippen LogP contribution in [0.15, 0.2) is 65.9 Å². The number of carbonyl (C=O) groups excluding carboxylic acids is 3. The van der Waals surface area contributed by atoms with Crippen LogP contribution in [0.2, 0.25) is 0 Å². The van der Waals surface area contributed by atoms with Crippen LogP contribution < -0.4 is 15.5 Å². The molecule has 4 rings (SSSR count). The number of unbranched alkanes of at least 4 members (excludes halogenated alkanes) is 3. The fourth-order valence-electron chi connectivity index (χ4n) is 6.65. The van der Waals surface area contributed by atoms with Crippen molar-refractivity contribution in [3.8, 4) is 0 Å². The number of methoxy groups -OCH3 is 2. The molecule has 54 heavy (non-hydrogen) atoms. The highest BCUT2D eigenvalue weighted by molar-refractivity contribution is 5.98. The SMILES string of the molecule is CC.CC.CCCCCCC(C)Cc1ccc(C(=O)NC(Cc2ccc(NC=O)cc2)C(=O)OC)cc1N1CCOC2=CC(CC)CC=C2C1C.COC. The highest BCUT2D eigenvalue weighted by atomic mass is 16.5. The Labute approximate surface area is 327 Å². The number of fused-ring (bicyclic) bond motifs is 1. The predicted octanol–water partition coefficient (Wildman–Crippen LogP) is 9.70. The van der Waals surface area contributed by atoms with Crippen LogP contribution in [0, 0.1) is 11.8 Å². The molecule has 1 fully saturated rings. The zero-order valence-electron chi connectivity index (χ0n) is 35.3. The minimum absolute atomic E-state index is 0.0815. The Morgan fingerprint density at radius 2 is 1.67 bits per heavy atom. The van der Waals surface area contributed by atoms with Crippen LogP contribution in [0.5, 0.6) is 0 Å². The van der Waals surface area contributed by atoms with Crippen LogP contribution in [-0.2, 0) is 36.6 Å². The van der Waals surface area contributed by atoms with Gasteiger partial charge >= 0.3 is 5.97 Å². The minimum atomic E-state index is -0.874. The second kappa shape index (κ2) is 27.5. The minimum Gasteiger partial charge on any atom is -0.492 e. The zero-order chi connectivity index (χ0) is 40.5. The summed E-state index contributed by atoms with van der Waals surface area (Å²) in [7, 11) is 4.57. The van der Waals surface area contributed by atoms with Crippen LogP contribution in [-0.4, -0.2) is 64.9 Å². The van der Waals surface area contributed by atoms with E-state index >= 15 is 0 Å². The van der Waals surface area contributed by atoms with Crippen molar-refractivity contribution in [1.29, 1.82) is 0 Å². The van der Waals surface area contributed by atoms with E-state index in [0.29, 0.717) is 42.6 Å². The molecule has 9 heteroatoms. The van der Waals surface area contributed by atoms with Crippen molar-refractivity contribution in [2.24, 2.45) is 11.8 Å². The number of nitrogens with one attached hydrogen (secondary N) is 2. The molecule has 302 valence electrons. The third-order valence-electron chi connectivity index (χ3n) is 9.53. The molecular weight excluding hydrogens is 679 g/mol. The Morgan fingerprint density at radius 1 is 0.981 bits per heavy atom. The van der Waals surface area contributed by atoms with E-state index in [9.17, 15) is 14.4 Å². The Bertz CT molecular complexity index is 1440. The van der Waals surface area contributed by atoms with Gasteiger partial charge in [0.05, 0.1) is 19.7 Å². The summed E-state index contributed by atoms with van der Waals surface area (Å²) >= 11 is 0. The molecule has 0 spiro atoms. The van der Waals surface area contributed by atoms with Gasteiger partial charge in [-0.2, -0.15) is 0 Å². The molecule has 2 N–H and O–H groups in total. The van der Waals surface area contributed by atoms with Crippen LogP contribution in [0.3, 0.4) is 0 Å². The van der Waals surface area contributed by atoms with Gasteiger partial charge in [-0.1, -0.05) is 105 Å². The zero-order valence-corrected chi connectivity index (χ0v) is 35.3. The Hall–Kier alpha value is -4.11. The average molecular weight is 750 g/mol. The standard InChI is InChI=1S/C39H53N3O5.C2H6O.2C2H6/c1-6-8-9-10-11-27(3)22-31-15-16-32(25-36(31)42-20-21-47-37-24-29(7-2)14-19-34(37)28(42)4)38(44)41-35(39(45)46-5)23-30-12-17-33(18-13-30)40-26-43;1-3-2;2*1-2/h12-13,15-19,24-29,35H,6-11,14,20-23H2,1-5H3,(H,40,43)(H,41,44);1-2H3;2*1-2H3. The summed E-state index contributed by atoms with van der Waals surface area (Å²) in [6.45, 7) is 18.3. The molecule has 2 amide bonds. The number of amides is 2. The molecule has 0 saturated carbocycles. The van der Waals surface area contributed by atoms with Gasteiger partial charge in [0.2, 0.25) is 6.41 Å². The maximum Gasteiger partial charge on any atom is 0.328 e. The highest BCUT2D eigenvalue weighted by Crippen LogP contribution is 2.36. The summed E-state index contributed by atoms with van der Waals surface area (Å²) in [4.78, 5) is 39.8. The lowest BCUT2D eigenvalue weighted by Gasteiger charge is -2.33. The molecule has 0 aromatic heterocycles. The quantitative estimate of drug-likeness (QED) is 0.100. The number of hydrogen-bond acceptors (Lipinski definition) is 7. The van der Waals surface area contributed by atoms with E-state index in [2.05, 4.69) is 66.2 Å². The molecule has 4 atom stereocenters. The largest absolute Gasteiger partial charge is 0.492 e. The van der Waals surface area contributed by atoms with Crippen molar-refractivity contribution in [3.05, 3.63) is 82.6 Å². The van der Waals surface area contributed by atoms with Gasteiger partial charge in [-0.3, -0.25) is 9.59 Å². The molecule has 1 aliphatic carbocycles. The Morgan fingerprint density at radius 3 is 2.28 bits per heavy atom. The summed E-state index contributed by atoms with van der Waals surface area (Å²) in [6.07, 6.45) is 14.7. The van der Waals surface area contributed by atoms with Crippen molar-refractivity contribution < 1.29 is 28.6 Å². The summed E-state index contributed by atoms with van der Waals surface area (Å²) < 4.78 is 15.6. The van der Waals surface area contributed by atoms with Gasteiger partial charge in [0.15, 0.2) is 0 Å². The fourth-order valence-corrected chi connectivity index (χ4v) is 6.65. The van der Waals surface area contributed by atoms with Crippen molar-refractivity contribution in [2.75, 3.05) is 44.7 Å². The van der Waals surface area contributed by atoms with Crippen molar-refractivity contribution in [1.82, 2.24) is 5.32 Å². The molecule has 9 nitrogen and oxygen atoms in total. The van der Waals surface area contributed by atoms with E-state index in [1.165, 1.54) is 50.4 Å². The highest BCUT2D eigenvalue weighted by Gasteiger charge is 2.30. The number of allylic oxidation sites excluding steroid dienone is 2. The van der Waals surface area contributed by atoms with E-state index in [-0.39, 0.29) is 18.4 Å². The van der Waals surface area contributed by atoms with Crippen LogP contribution in [0.25, 0.3) is 0 Å². The van der Waals surface area contributed by atoms with Crippen LogP contribution in [0.4, 0.5) is 11.4 Å². The van der Waals surface area contributed by atoms with Crippen LogP contribution in [0.1, 0.15) is 122 Å². The first-order chi connectivity index (χ1) is 26.2. The van der Waals surface area contributed by atoms with Gasteiger partial charge in [0, 0.05) is 43.2 Å². The maximum absolute atomic E-state index is 13.8. The second-order valence-corrected chi connectivity index (χ2v) is 13.4. The Kier molecular flexibility index (Phi) is 24.4. The first-order valence-electron chi connectivity index (χ1n) is 20.2.